The summed E-state index contributed by atoms with van der Waals surface area (Å²) in [6.07, 6.45) is 10.7. The minimum Gasteiger partial charge on any atom is -0.338 e. The number of likely N-dealkylation sites (N-methyl/N-ethyl adjacent to an activating group) is 1. The third kappa shape index (κ3) is 3.27. The first kappa shape index (κ1) is 23.1. The average molecular weight is 472 g/mol. The molecule has 1 amide bonds. The number of rotatable bonds is 2. The van der Waals surface area contributed by atoms with Crippen LogP contribution in [-0.2, 0) is 14.9 Å². The minimum atomic E-state index is -4.23. The molecule has 0 saturated heterocycles. The van der Waals surface area contributed by atoms with E-state index in [9.17, 15) is 17.8 Å². The van der Waals surface area contributed by atoms with E-state index in [-0.39, 0.29) is 27.7 Å². The van der Waals surface area contributed by atoms with Gasteiger partial charge in [-0.1, -0.05) is 19.9 Å². The van der Waals surface area contributed by atoms with E-state index in [4.69, 9.17) is 0 Å². The smallest absolute Gasteiger partial charge is 0.294 e. The van der Waals surface area contributed by atoms with E-state index in [2.05, 4.69) is 26.8 Å². The van der Waals surface area contributed by atoms with Gasteiger partial charge >= 0.3 is 0 Å². The Morgan fingerprint density at radius 3 is 2.45 bits per heavy atom. The fraction of sp³-hybridized carbons (Fsp3) is 0.667. The standard InChI is InChI=1S/C27H37NO4S/c1-16-14-18(33(30,31)32)15-20(17(16)2)22-8-7-21-19-6-9-24-27(4,13-11-25(29)28(24)5)23(19)10-12-26(21,22)3/h11,13-15,19,21-24H,6-10,12H2,1-5H3,(H,30,31,32)/t19-,21-,22?,23+,24?,26-,27+/m0/s1. The Hall–Kier alpha value is -1.66. The van der Waals surface area contributed by atoms with Gasteiger partial charge in [-0.05, 0) is 116 Å². The Morgan fingerprint density at radius 1 is 1.03 bits per heavy atom. The molecular weight excluding hydrogens is 434 g/mol. The van der Waals surface area contributed by atoms with E-state index in [0.717, 1.165) is 55.2 Å². The number of hydrogen-bond donors (Lipinski definition) is 1. The molecule has 1 heterocycles. The maximum atomic E-state index is 12.3. The summed E-state index contributed by atoms with van der Waals surface area (Å²) in [6, 6.07) is 3.62. The number of carbonyl (C=O) groups excluding carboxylic acids is 1. The van der Waals surface area contributed by atoms with Crippen LogP contribution in [0.25, 0.3) is 0 Å². The maximum Gasteiger partial charge on any atom is 0.294 e. The Kier molecular flexibility index (Phi) is 5.19. The van der Waals surface area contributed by atoms with E-state index >= 15 is 0 Å². The molecule has 6 heteroatoms. The van der Waals surface area contributed by atoms with Crippen molar-refractivity contribution in [3.63, 3.8) is 0 Å². The molecule has 0 aromatic heterocycles. The number of fused-ring (bicyclic) bond motifs is 5. The number of benzene rings is 1. The summed E-state index contributed by atoms with van der Waals surface area (Å²) >= 11 is 0. The van der Waals surface area contributed by atoms with Crippen LogP contribution in [0.15, 0.2) is 29.2 Å². The summed E-state index contributed by atoms with van der Waals surface area (Å²) in [5.74, 6) is 2.24. The molecule has 1 N–H and O–H groups in total. The monoisotopic (exact) mass is 471 g/mol. The lowest BCUT2D eigenvalue weighted by atomic mass is 9.47. The van der Waals surface area contributed by atoms with Gasteiger partial charge in [0.25, 0.3) is 10.1 Å². The van der Waals surface area contributed by atoms with Gasteiger partial charge in [-0.25, -0.2) is 0 Å². The van der Waals surface area contributed by atoms with Gasteiger partial charge < -0.3 is 4.90 Å². The summed E-state index contributed by atoms with van der Waals surface area (Å²) in [5, 5.41) is 0. The van der Waals surface area contributed by atoms with Crippen LogP contribution in [0.2, 0.25) is 0 Å². The van der Waals surface area contributed by atoms with Gasteiger partial charge in [0.1, 0.15) is 0 Å². The highest BCUT2D eigenvalue weighted by atomic mass is 32.2. The van der Waals surface area contributed by atoms with Crippen LogP contribution in [0.1, 0.15) is 75.0 Å². The molecule has 3 saturated carbocycles. The predicted molar refractivity (Wildman–Crippen MR) is 129 cm³/mol. The molecule has 7 atom stereocenters. The normalized spacial score (nSPS) is 40.4. The van der Waals surface area contributed by atoms with Gasteiger partial charge in [0.05, 0.1) is 4.90 Å². The van der Waals surface area contributed by atoms with Crippen molar-refractivity contribution in [1.29, 1.82) is 0 Å². The molecule has 33 heavy (non-hydrogen) atoms. The highest BCUT2D eigenvalue weighted by Gasteiger charge is 2.60. The molecule has 5 nitrogen and oxygen atoms in total. The molecule has 1 aromatic rings. The highest BCUT2D eigenvalue weighted by molar-refractivity contribution is 7.85. The molecule has 1 aromatic carbocycles. The van der Waals surface area contributed by atoms with E-state index in [1.807, 2.05) is 18.9 Å². The Morgan fingerprint density at radius 2 is 1.76 bits per heavy atom. The lowest BCUT2D eigenvalue weighted by Crippen LogP contribution is -2.59. The van der Waals surface area contributed by atoms with Crippen molar-refractivity contribution in [2.24, 2.45) is 28.6 Å². The Balaban J connectivity index is 1.51. The molecule has 0 radical (unpaired) electrons. The molecule has 180 valence electrons. The van der Waals surface area contributed by atoms with E-state index < -0.39 is 10.1 Å². The van der Waals surface area contributed by atoms with Crippen LogP contribution in [0.3, 0.4) is 0 Å². The zero-order valence-corrected chi connectivity index (χ0v) is 21.3. The number of hydrogen-bond acceptors (Lipinski definition) is 3. The third-order valence-electron chi connectivity index (χ3n) is 10.5. The number of carbonyl (C=O) groups is 1. The van der Waals surface area contributed by atoms with Crippen LogP contribution in [0.4, 0.5) is 0 Å². The van der Waals surface area contributed by atoms with Crippen molar-refractivity contribution in [3.8, 4) is 0 Å². The zero-order chi connectivity index (χ0) is 23.9. The van der Waals surface area contributed by atoms with Crippen LogP contribution >= 0.6 is 0 Å². The summed E-state index contributed by atoms with van der Waals surface area (Å²) in [6.45, 7) is 8.83. The first-order valence-corrected chi connectivity index (χ1v) is 13.9. The van der Waals surface area contributed by atoms with Gasteiger partial charge in [-0.2, -0.15) is 8.42 Å². The second-order valence-corrected chi connectivity index (χ2v) is 13.1. The van der Waals surface area contributed by atoms with Crippen molar-refractivity contribution in [2.75, 3.05) is 7.05 Å². The molecule has 5 rings (SSSR count). The Labute approximate surface area is 198 Å². The summed E-state index contributed by atoms with van der Waals surface area (Å²) < 4.78 is 33.6. The fourth-order valence-electron chi connectivity index (χ4n) is 8.61. The first-order chi connectivity index (χ1) is 15.4. The van der Waals surface area contributed by atoms with Crippen molar-refractivity contribution < 1.29 is 17.8 Å². The van der Waals surface area contributed by atoms with Gasteiger partial charge in [0.2, 0.25) is 5.91 Å². The van der Waals surface area contributed by atoms with Gasteiger partial charge in [0, 0.05) is 18.5 Å². The summed E-state index contributed by atoms with van der Waals surface area (Å²) in [4.78, 5) is 14.3. The van der Waals surface area contributed by atoms with E-state index in [0.29, 0.717) is 23.7 Å². The predicted octanol–water partition coefficient (Wildman–Crippen LogP) is 5.27. The van der Waals surface area contributed by atoms with Crippen LogP contribution < -0.4 is 0 Å². The molecule has 0 bridgehead atoms. The second-order valence-electron chi connectivity index (χ2n) is 11.7. The van der Waals surface area contributed by atoms with Crippen LogP contribution in [-0.4, -0.2) is 36.9 Å². The molecular formula is C27H37NO4S. The molecule has 4 aliphatic rings. The van der Waals surface area contributed by atoms with Crippen molar-refractivity contribution >= 4 is 16.0 Å². The van der Waals surface area contributed by atoms with E-state index in [1.165, 1.54) is 0 Å². The largest absolute Gasteiger partial charge is 0.338 e. The van der Waals surface area contributed by atoms with Gasteiger partial charge in [-0.3, -0.25) is 9.35 Å². The van der Waals surface area contributed by atoms with Crippen LogP contribution in [0.5, 0.6) is 0 Å². The van der Waals surface area contributed by atoms with Gasteiger partial charge in [-0.15, -0.1) is 0 Å². The number of nitrogens with zero attached hydrogens (tertiary/aromatic N) is 1. The average Bonchev–Trinajstić information content (AvgIpc) is 3.09. The fourth-order valence-corrected chi connectivity index (χ4v) is 9.21. The third-order valence-corrected chi connectivity index (χ3v) is 11.3. The molecule has 2 unspecified atom stereocenters. The Bertz CT molecular complexity index is 1140. The van der Waals surface area contributed by atoms with Crippen molar-refractivity contribution in [1.82, 2.24) is 4.90 Å². The number of aryl methyl sites for hydroxylation is 1. The minimum absolute atomic E-state index is 0.0226. The van der Waals surface area contributed by atoms with Crippen LogP contribution in [0, 0.1) is 42.4 Å². The quantitative estimate of drug-likeness (QED) is 0.596. The second kappa shape index (κ2) is 7.42. The molecule has 3 fully saturated rings. The summed E-state index contributed by atoms with van der Waals surface area (Å²) in [7, 11) is -2.27. The highest BCUT2D eigenvalue weighted by Crippen LogP contribution is 2.67. The number of amides is 1. The SMILES string of the molecule is Cc1cc(S(=O)(=O)O)cc(C2CC[C@H]3[C@@H]4CCC5N(C)C(=O)C=C[C@]5(C)[C@@H]4CC[C@]23C)c1C. The zero-order valence-electron chi connectivity index (χ0n) is 20.5. The molecule has 1 aliphatic heterocycles. The maximum absolute atomic E-state index is 12.3. The van der Waals surface area contributed by atoms with Crippen molar-refractivity contribution in [2.45, 2.75) is 83.1 Å². The van der Waals surface area contributed by atoms with Gasteiger partial charge in [0.15, 0.2) is 0 Å². The van der Waals surface area contributed by atoms with Crippen molar-refractivity contribution in [3.05, 3.63) is 41.0 Å². The molecule has 0 spiro atoms. The first-order valence-electron chi connectivity index (χ1n) is 12.4. The molecule has 3 aliphatic carbocycles. The topological polar surface area (TPSA) is 74.7 Å². The lowest BCUT2D eigenvalue weighted by molar-refractivity contribution is -0.138. The van der Waals surface area contributed by atoms with E-state index in [1.54, 1.807) is 18.2 Å². The lowest BCUT2D eigenvalue weighted by Gasteiger charge is -2.60. The summed E-state index contributed by atoms with van der Waals surface area (Å²) in [5.41, 5.74) is 3.34.